The predicted octanol–water partition coefficient (Wildman–Crippen LogP) is -0.267. The Kier molecular flexibility index (Phi) is 4.34. The maximum Gasteiger partial charge on any atom is 0.290 e. The van der Waals surface area contributed by atoms with Gasteiger partial charge in [-0.3, -0.25) is 9.89 Å². The first kappa shape index (κ1) is 15.1. The van der Waals surface area contributed by atoms with Crippen molar-refractivity contribution >= 4 is 15.9 Å². The molecule has 0 fully saturated rings. The lowest BCUT2D eigenvalue weighted by Gasteiger charge is -2.04. The highest BCUT2D eigenvalue weighted by molar-refractivity contribution is 7.89. The summed E-state index contributed by atoms with van der Waals surface area (Å²) in [6, 6.07) is 6.18. The first-order valence-corrected chi connectivity index (χ1v) is 7.70. The predicted molar refractivity (Wildman–Crippen MR) is 75.0 cm³/mol. The summed E-state index contributed by atoms with van der Waals surface area (Å²) in [6.45, 7) is 2.10. The van der Waals surface area contributed by atoms with Crippen molar-refractivity contribution in [3.8, 4) is 0 Å². The zero-order valence-electron chi connectivity index (χ0n) is 11.3. The molecule has 9 heteroatoms. The van der Waals surface area contributed by atoms with Crippen LogP contribution in [0.4, 0.5) is 0 Å². The van der Waals surface area contributed by atoms with Crippen molar-refractivity contribution in [3.63, 3.8) is 0 Å². The zero-order chi connectivity index (χ0) is 15.5. The molecule has 21 heavy (non-hydrogen) atoms. The highest BCUT2D eigenvalue weighted by atomic mass is 32.2. The molecule has 0 saturated carbocycles. The number of nitrogens with two attached hydrogens (primary N) is 1. The number of amides is 1. The van der Waals surface area contributed by atoms with E-state index in [4.69, 9.17) is 5.14 Å². The summed E-state index contributed by atoms with van der Waals surface area (Å²) in [4.78, 5) is 15.7. The molecule has 0 spiro atoms. The summed E-state index contributed by atoms with van der Waals surface area (Å²) >= 11 is 0. The summed E-state index contributed by atoms with van der Waals surface area (Å²) in [5, 5.41) is 14.0. The van der Waals surface area contributed by atoms with Gasteiger partial charge < -0.3 is 5.32 Å². The van der Waals surface area contributed by atoms with Crippen molar-refractivity contribution in [1.29, 1.82) is 0 Å². The third kappa shape index (κ3) is 4.10. The third-order valence-corrected chi connectivity index (χ3v) is 3.68. The van der Waals surface area contributed by atoms with Crippen LogP contribution in [0.5, 0.6) is 0 Å². The van der Waals surface area contributed by atoms with Gasteiger partial charge in [0.05, 0.1) is 4.90 Å². The van der Waals surface area contributed by atoms with Gasteiger partial charge in [-0.25, -0.2) is 18.5 Å². The van der Waals surface area contributed by atoms with E-state index >= 15 is 0 Å². The van der Waals surface area contributed by atoms with E-state index in [2.05, 4.69) is 20.5 Å². The van der Waals surface area contributed by atoms with E-state index in [1.807, 2.05) is 0 Å². The molecule has 0 aliphatic rings. The minimum atomic E-state index is -3.68. The second kappa shape index (κ2) is 6.02. The number of aryl methyl sites for hydroxylation is 1. The lowest BCUT2D eigenvalue weighted by molar-refractivity contribution is 0.0944. The molecule has 0 aliphatic carbocycles. The number of sulfonamides is 1. The number of rotatable bonds is 5. The molecular weight excluding hydrogens is 294 g/mol. The van der Waals surface area contributed by atoms with Crippen molar-refractivity contribution in [2.24, 2.45) is 5.14 Å². The smallest absolute Gasteiger partial charge is 0.290 e. The number of nitrogens with one attached hydrogen (secondary N) is 2. The zero-order valence-corrected chi connectivity index (χ0v) is 12.1. The van der Waals surface area contributed by atoms with Crippen LogP contribution in [0.3, 0.4) is 0 Å². The van der Waals surface area contributed by atoms with Crippen LogP contribution in [-0.4, -0.2) is 36.1 Å². The number of aromatic nitrogens is 3. The number of carbonyl (C=O) groups excluding carboxylic acids is 1. The average Bonchev–Trinajstić information content (AvgIpc) is 2.85. The highest BCUT2D eigenvalue weighted by Gasteiger charge is 2.10. The molecule has 0 saturated heterocycles. The SMILES string of the molecule is Cc1nc(C(=O)NCCc2ccc(S(N)(=O)=O)cc2)n[nH]1. The van der Waals surface area contributed by atoms with E-state index in [9.17, 15) is 13.2 Å². The number of nitrogens with zero attached hydrogens (tertiary/aromatic N) is 2. The number of aromatic amines is 1. The number of benzene rings is 1. The molecule has 1 amide bonds. The highest BCUT2D eigenvalue weighted by Crippen LogP contribution is 2.08. The molecule has 1 aromatic heterocycles. The van der Waals surface area contributed by atoms with E-state index < -0.39 is 10.0 Å². The lowest BCUT2D eigenvalue weighted by atomic mass is 10.1. The van der Waals surface area contributed by atoms with Crippen LogP contribution in [0.25, 0.3) is 0 Å². The van der Waals surface area contributed by atoms with Crippen LogP contribution < -0.4 is 10.5 Å². The van der Waals surface area contributed by atoms with E-state index in [0.717, 1.165) is 5.56 Å². The molecule has 0 unspecified atom stereocenters. The van der Waals surface area contributed by atoms with Crippen LogP contribution in [0.15, 0.2) is 29.2 Å². The van der Waals surface area contributed by atoms with Gasteiger partial charge in [-0.1, -0.05) is 12.1 Å². The molecule has 112 valence electrons. The number of hydrogen-bond acceptors (Lipinski definition) is 5. The van der Waals surface area contributed by atoms with Gasteiger partial charge in [-0.15, -0.1) is 5.10 Å². The average molecular weight is 309 g/mol. The first-order valence-electron chi connectivity index (χ1n) is 6.15. The number of H-pyrrole nitrogens is 1. The lowest BCUT2D eigenvalue weighted by Crippen LogP contribution is -2.26. The molecule has 0 atom stereocenters. The number of hydrogen-bond donors (Lipinski definition) is 3. The van der Waals surface area contributed by atoms with E-state index in [1.54, 1.807) is 19.1 Å². The molecule has 0 radical (unpaired) electrons. The Morgan fingerprint density at radius 1 is 1.33 bits per heavy atom. The molecule has 1 heterocycles. The quantitative estimate of drug-likeness (QED) is 0.700. The Hall–Kier alpha value is -2.26. The van der Waals surface area contributed by atoms with Gasteiger partial charge in [0.2, 0.25) is 15.8 Å². The van der Waals surface area contributed by atoms with Crippen molar-refractivity contribution in [2.75, 3.05) is 6.54 Å². The molecule has 8 nitrogen and oxygen atoms in total. The molecule has 2 rings (SSSR count). The third-order valence-electron chi connectivity index (χ3n) is 2.75. The molecule has 4 N–H and O–H groups in total. The Bertz CT molecular complexity index is 737. The summed E-state index contributed by atoms with van der Waals surface area (Å²) < 4.78 is 22.2. The van der Waals surface area contributed by atoms with Crippen molar-refractivity contribution in [1.82, 2.24) is 20.5 Å². The van der Waals surface area contributed by atoms with E-state index in [-0.39, 0.29) is 16.6 Å². The van der Waals surface area contributed by atoms with Gasteiger partial charge in [-0.2, -0.15) is 0 Å². The second-order valence-electron chi connectivity index (χ2n) is 4.44. The fraction of sp³-hybridized carbons (Fsp3) is 0.250. The minimum Gasteiger partial charge on any atom is -0.349 e. The van der Waals surface area contributed by atoms with Crippen LogP contribution in [0.1, 0.15) is 22.0 Å². The van der Waals surface area contributed by atoms with Crippen LogP contribution >= 0.6 is 0 Å². The van der Waals surface area contributed by atoms with Crippen molar-refractivity contribution in [2.45, 2.75) is 18.2 Å². The topological polar surface area (TPSA) is 131 Å². The number of primary sulfonamides is 1. The summed E-state index contributed by atoms with van der Waals surface area (Å²) in [5.74, 6) is 0.302. The molecule has 2 aromatic rings. The fourth-order valence-electron chi connectivity index (χ4n) is 1.69. The second-order valence-corrected chi connectivity index (χ2v) is 6.00. The monoisotopic (exact) mass is 309 g/mol. The minimum absolute atomic E-state index is 0.0616. The van der Waals surface area contributed by atoms with Gasteiger partial charge >= 0.3 is 0 Å². The normalized spacial score (nSPS) is 11.3. The fourth-order valence-corrected chi connectivity index (χ4v) is 2.20. The molecule has 1 aromatic carbocycles. The Balaban J connectivity index is 1.88. The largest absolute Gasteiger partial charge is 0.349 e. The van der Waals surface area contributed by atoms with Gasteiger partial charge in [0.1, 0.15) is 5.82 Å². The molecular formula is C12H15N5O3S. The van der Waals surface area contributed by atoms with E-state index in [0.29, 0.717) is 18.8 Å². The summed E-state index contributed by atoms with van der Waals surface area (Å²) in [6.07, 6.45) is 0.556. The summed E-state index contributed by atoms with van der Waals surface area (Å²) in [7, 11) is -3.68. The van der Waals surface area contributed by atoms with Gasteiger partial charge in [-0.05, 0) is 31.0 Å². The Morgan fingerprint density at radius 2 is 2.00 bits per heavy atom. The Morgan fingerprint density at radius 3 is 2.52 bits per heavy atom. The van der Waals surface area contributed by atoms with E-state index in [1.165, 1.54) is 12.1 Å². The van der Waals surface area contributed by atoms with Gasteiger partial charge in [0.15, 0.2) is 0 Å². The van der Waals surface area contributed by atoms with Crippen LogP contribution in [0.2, 0.25) is 0 Å². The first-order chi connectivity index (χ1) is 9.86. The summed E-state index contributed by atoms with van der Waals surface area (Å²) in [5.41, 5.74) is 0.883. The molecule has 0 bridgehead atoms. The van der Waals surface area contributed by atoms with Crippen molar-refractivity contribution < 1.29 is 13.2 Å². The standard InChI is InChI=1S/C12H15N5O3S/c1-8-15-11(17-16-8)12(18)14-7-6-9-2-4-10(5-3-9)21(13,19)20/h2-5H,6-7H2,1H3,(H,14,18)(H2,13,19,20)(H,15,16,17). The maximum atomic E-state index is 11.7. The van der Waals surface area contributed by atoms with Crippen LogP contribution in [0, 0.1) is 6.92 Å². The Labute approximate surface area is 121 Å². The molecule has 0 aliphatic heterocycles. The number of carbonyl (C=O) groups is 1. The van der Waals surface area contributed by atoms with Crippen molar-refractivity contribution in [3.05, 3.63) is 41.5 Å². The van der Waals surface area contributed by atoms with Crippen LogP contribution in [-0.2, 0) is 16.4 Å². The maximum absolute atomic E-state index is 11.7. The van der Waals surface area contributed by atoms with Gasteiger partial charge in [0, 0.05) is 6.54 Å². The van der Waals surface area contributed by atoms with Gasteiger partial charge in [0.25, 0.3) is 5.91 Å².